The predicted octanol–water partition coefficient (Wildman–Crippen LogP) is 6.18. The van der Waals surface area contributed by atoms with Crippen LogP contribution in [-0.4, -0.2) is 31.0 Å². The third-order valence-electron chi connectivity index (χ3n) is 7.01. The molecule has 1 amide bonds. The minimum atomic E-state index is -4.96. The van der Waals surface area contributed by atoms with Crippen LogP contribution in [0, 0.1) is 17.2 Å². The van der Waals surface area contributed by atoms with Crippen molar-refractivity contribution in [2.24, 2.45) is 11.3 Å². The maximum absolute atomic E-state index is 13.8. The highest BCUT2D eigenvalue weighted by atomic mass is 19.4. The largest absolute Gasteiger partial charge is 0.494 e. The second kappa shape index (κ2) is 10.2. The summed E-state index contributed by atoms with van der Waals surface area (Å²) >= 11 is 0. The molecule has 1 heterocycles. The standard InChI is InChI=1S/C26H27F7N2O2/c1-37-22-10-17(4-5-21(22)27)14-35-7-6-24(15-35,12-16-2-3-16)23(36)34-13-18-8-19(25(28,29)30)11-20(9-18)26(31,32)33/h4-5,8-11,16H,2-3,6-7,12-15H2,1H3,(H,34,36). The van der Waals surface area contributed by atoms with Gasteiger partial charge >= 0.3 is 12.4 Å². The van der Waals surface area contributed by atoms with Gasteiger partial charge in [-0.3, -0.25) is 9.69 Å². The fraction of sp³-hybridized carbons (Fsp3) is 0.500. The van der Waals surface area contributed by atoms with Gasteiger partial charge in [0.2, 0.25) is 5.91 Å². The molecule has 1 unspecified atom stereocenters. The smallest absolute Gasteiger partial charge is 0.416 e. The Morgan fingerprint density at radius 2 is 1.68 bits per heavy atom. The van der Waals surface area contributed by atoms with Crippen molar-refractivity contribution >= 4 is 5.91 Å². The van der Waals surface area contributed by atoms with Gasteiger partial charge in [0.15, 0.2) is 11.6 Å². The number of nitrogens with zero attached hydrogens (tertiary/aromatic N) is 1. The van der Waals surface area contributed by atoms with Gasteiger partial charge in [0, 0.05) is 19.6 Å². The Kier molecular flexibility index (Phi) is 7.47. The number of amides is 1. The molecule has 2 fully saturated rings. The number of hydrogen-bond acceptors (Lipinski definition) is 3. The fourth-order valence-corrected chi connectivity index (χ4v) is 4.96. The van der Waals surface area contributed by atoms with Crippen LogP contribution in [0.2, 0.25) is 0 Å². The Morgan fingerprint density at radius 1 is 1.03 bits per heavy atom. The zero-order valence-electron chi connectivity index (χ0n) is 20.1. The maximum Gasteiger partial charge on any atom is 0.416 e. The first kappa shape index (κ1) is 27.2. The highest BCUT2D eigenvalue weighted by Gasteiger charge is 2.47. The van der Waals surface area contributed by atoms with Gasteiger partial charge < -0.3 is 10.1 Å². The summed E-state index contributed by atoms with van der Waals surface area (Å²) in [4.78, 5) is 15.4. The van der Waals surface area contributed by atoms with E-state index in [2.05, 4.69) is 5.32 Å². The highest BCUT2D eigenvalue weighted by molar-refractivity contribution is 5.83. The molecule has 2 aromatic carbocycles. The first-order valence-electron chi connectivity index (χ1n) is 11.9. The first-order valence-corrected chi connectivity index (χ1v) is 11.9. The zero-order valence-corrected chi connectivity index (χ0v) is 20.1. The van der Waals surface area contributed by atoms with Crippen LogP contribution in [-0.2, 0) is 30.2 Å². The minimum absolute atomic E-state index is 0.0686. The van der Waals surface area contributed by atoms with Crippen LogP contribution in [0.25, 0.3) is 0 Å². The zero-order chi connectivity index (χ0) is 27.0. The van der Waals surface area contributed by atoms with Crippen LogP contribution < -0.4 is 10.1 Å². The lowest BCUT2D eigenvalue weighted by Crippen LogP contribution is -2.43. The first-order chi connectivity index (χ1) is 17.3. The molecule has 2 aliphatic rings. The molecular weight excluding hydrogens is 505 g/mol. The number of methoxy groups -OCH3 is 1. The Morgan fingerprint density at radius 3 is 2.24 bits per heavy atom. The Bertz CT molecular complexity index is 1110. The van der Waals surface area contributed by atoms with Gasteiger partial charge in [-0.15, -0.1) is 0 Å². The van der Waals surface area contributed by atoms with E-state index in [1.807, 2.05) is 4.90 Å². The third-order valence-corrected chi connectivity index (χ3v) is 7.01. The molecule has 2 aromatic rings. The van der Waals surface area contributed by atoms with E-state index in [9.17, 15) is 35.5 Å². The summed E-state index contributed by atoms with van der Waals surface area (Å²) in [7, 11) is 1.37. The molecule has 202 valence electrons. The number of ether oxygens (including phenoxy) is 1. The van der Waals surface area contributed by atoms with Crippen molar-refractivity contribution in [3.05, 3.63) is 64.5 Å². The van der Waals surface area contributed by atoms with Gasteiger partial charge in [-0.05, 0) is 66.8 Å². The van der Waals surface area contributed by atoms with Crippen molar-refractivity contribution in [2.45, 2.75) is 51.1 Å². The van der Waals surface area contributed by atoms with E-state index in [4.69, 9.17) is 4.74 Å². The summed E-state index contributed by atoms with van der Waals surface area (Å²) < 4.78 is 97.9. The number of likely N-dealkylation sites (tertiary alicyclic amines) is 1. The molecule has 0 radical (unpaired) electrons. The van der Waals surface area contributed by atoms with Gasteiger partial charge in [0.25, 0.3) is 0 Å². The second-order valence-corrected chi connectivity index (χ2v) is 9.95. The lowest BCUT2D eigenvalue weighted by Gasteiger charge is -2.29. The average molecular weight is 533 g/mol. The molecule has 1 saturated carbocycles. The van der Waals surface area contributed by atoms with E-state index in [1.165, 1.54) is 13.2 Å². The van der Waals surface area contributed by atoms with E-state index in [1.54, 1.807) is 12.1 Å². The van der Waals surface area contributed by atoms with E-state index in [0.29, 0.717) is 50.5 Å². The lowest BCUT2D eigenvalue weighted by molar-refractivity contribution is -0.143. The molecule has 37 heavy (non-hydrogen) atoms. The van der Waals surface area contributed by atoms with Crippen molar-refractivity contribution in [3.63, 3.8) is 0 Å². The molecule has 11 heteroatoms. The van der Waals surface area contributed by atoms with E-state index >= 15 is 0 Å². The monoisotopic (exact) mass is 532 g/mol. The number of halogens is 7. The van der Waals surface area contributed by atoms with E-state index in [0.717, 1.165) is 18.4 Å². The topological polar surface area (TPSA) is 41.6 Å². The molecule has 0 spiro atoms. The third kappa shape index (κ3) is 6.55. The molecule has 1 aliphatic carbocycles. The van der Waals surface area contributed by atoms with Crippen LogP contribution in [0.15, 0.2) is 36.4 Å². The number of benzene rings is 2. The number of hydrogen-bond donors (Lipinski definition) is 1. The molecule has 1 atom stereocenters. The molecule has 4 rings (SSSR count). The van der Waals surface area contributed by atoms with Gasteiger partial charge in [0.1, 0.15) is 0 Å². The SMILES string of the molecule is COc1cc(CN2CCC(CC3CC3)(C(=O)NCc3cc(C(F)(F)F)cc(C(F)(F)F)c3)C2)ccc1F. The summed E-state index contributed by atoms with van der Waals surface area (Å²) in [5.41, 5.74) is -3.11. The van der Waals surface area contributed by atoms with Gasteiger partial charge in [-0.1, -0.05) is 18.9 Å². The summed E-state index contributed by atoms with van der Waals surface area (Å²) in [5, 5.41) is 2.61. The van der Waals surface area contributed by atoms with Crippen molar-refractivity contribution < 1.29 is 40.3 Å². The minimum Gasteiger partial charge on any atom is -0.494 e. The molecule has 1 aliphatic heterocycles. The molecule has 1 N–H and O–H groups in total. The van der Waals surface area contributed by atoms with E-state index < -0.39 is 41.3 Å². The van der Waals surface area contributed by atoms with Crippen LogP contribution in [0.5, 0.6) is 5.75 Å². The summed E-state index contributed by atoms with van der Waals surface area (Å²) in [6, 6.07) is 5.85. The number of rotatable bonds is 8. The molecule has 4 nitrogen and oxygen atoms in total. The van der Waals surface area contributed by atoms with Gasteiger partial charge in [-0.25, -0.2) is 4.39 Å². The molecular formula is C26H27F7N2O2. The quantitative estimate of drug-likeness (QED) is 0.413. The maximum atomic E-state index is 13.8. The van der Waals surface area contributed by atoms with Gasteiger partial charge in [-0.2, -0.15) is 26.3 Å². The van der Waals surface area contributed by atoms with Crippen molar-refractivity contribution in [3.8, 4) is 5.75 Å². The van der Waals surface area contributed by atoms with Crippen molar-refractivity contribution in [2.75, 3.05) is 20.2 Å². The Labute approximate surface area is 209 Å². The Hall–Kier alpha value is -2.82. The van der Waals surface area contributed by atoms with Crippen molar-refractivity contribution in [1.29, 1.82) is 0 Å². The average Bonchev–Trinajstić information content (AvgIpc) is 3.55. The number of alkyl halides is 6. The fourth-order valence-electron chi connectivity index (χ4n) is 4.96. The number of carbonyl (C=O) groups is 1. The predicted molar refractivity (Wildman–Crippen MR) is 121 cm³/mol. The normalized spacial score (nSPS) is 20.8. The van der Waals surface area contributed by atoms with Crippen LogP contribution >= 0.6 is 0 Å². The number of nitrogens with one attached hydrogen (secondary N) is 1. The molecule has 1 saturated heterocycles. The van der Waals surface area contributed by atoms with E-state index in [-0.39, 0.29) is 23.3 Å². The second-order valence-electron chi connectivity index (χ2n) is 9.95. The highest BCUT2D eigenvalue weighted by Crippen LogP contribution is 2.46. The van der Waals surface area contributed by atoms with Crippen LogP contribution in [0.1, 0.15) is 47.9 Å². The number of carbonyl (C=O) groups excluding carboxylic acids is 1. The van der Waals surface area contributed by atoms with Crippen molar-refractivity contribution in [1.82, 2.24) is 10.2 Å². The van der Waals surface area contributed by atoms with Crippen LogP contribution in [0.3, 0.4) is 0 Å². The summed E-state index contributed by atoms with van der Waals surface area (Å²) in [5.74, 6) is -0.400. The summed E-state index contributed by atoms with van der Waals surface area (Å²) in [6.45, 7) is 0.944. The molecule has 0 bridgehead atoms. The summed E-state index contributed by atoms with van der Waals surface area (Å²) in [6.07, 6.45) is -6.85. The van der Waals surface area contributed by atoms with Gasteiger partial charge in [0.05, 0.1) is 23.7 Å². The molecule has 0 aromatic heterocycles. The Balaban J connectivity index is 1.49. The van der Waals surface area contributed by atoms with Crippen LogP contribution in [0.4, 0.5) is 30.7 Å². The lowest BCUT2D eigenvalue weighted by atomic mass is 9.80.